The minimum atomic E-state index is -0.477. The van der Waals surface area contributed by atoms with Crippen LogP contribution in [0.5, 0.6) is 5.75 Å². The van der Waals surface area contributed by atoms with Crippen LogP contribution in [0.1, 0.15) is 31.9 Å². The zero-order valence-electron chi connectivity index (χ0n) is 20.6. The molecule has 0 radical (unpaired) electrons. The Bertz CT molecular complexity index is 1110. The van der Waals surface area contributed by atoms with Gasteiger partial charge in [0.1, 0.15) is 18.0 Å². The molecule has 5 nitrogen and oxygen atoms in total. The van der Waals surface area contributed by atoms with Crippen LogP contribution in [0.4, 0.5) is 10.5 Å². The second-order valence-corrected chi connectivity index (χ2v) is 9.73. The average Bonchev–Trinajstić information content (AvgIpc) is 2.83. The second kappa shape index (κ2) is 10.2. The summed E-state index contributed by atoms with van der Waals surface area (Å²) in [7, 11) is 0. The molecular formula is C29H34N2O3. The van der Waals surface area contributed by atoms with Gasteiger partial charge in [0.2, 0.25) is 0 Å². The van der Waals surface area contributed by atoms with Crippen LogP contribution in [0.15, 0.2) is 72.8 Å². The van der Waals surface area contributed by atoms with E-state index < -0.39 is 5.60 Å². The molecule has 0 spiro atoms. The van der Waals surface area contributed by atoms with Crippen LogP contribution >= 0.6 is 0 Å². The van der Waals surface area contributed by atoms with E-state index in [0.29, 0.717) is 19.7 Å². The molecule has 0 saturated carbocycles. The number of para-hydroxylation sites is 1. The normalized spacial score (nSPS) is 14.1. The topological polar surface area (TPSA) is 42.0 Å². The molecule has 4 rings (SSSR count). The highest BCUT2D eigenvalue weighted by molar-refractivity contribution is 5.75. The second-order valence-electron chi connectivity index (χ2n) is 9.73. The highest BCUT2D eigenvalue weighted by Crippen LogP contribution is 2.34. The summed E-state index contributed by atoms with van der Waals surface area (Å²) in [5.41, 5.74) is 5.28. The molecule has 5 heteroatoms. The van der Waals surface area contributed by atoms with Crippen molar-refractivity contribution in [2.75, 3.05) is 31.1 Å². The molecule has 0 aromatic heterocycles. The summed E-state index contributed by atoms with van der Waals surface area (Å²) in [4.78, 5) is 16.6. The summed E-state index contributed by atoms with van der Waals surface area (Å²) in [6, 6.07) is 25.0. The van der Waals surface area contributed by atoms with Gasteiger partial charge in [-0.2, -0.15) is 0 Å². The maximum Gasteiger partial charge on any atom is 0.410 e. The molecule has 1 fully saturated rings. The Hall–Kier alpha value is -3.47. The van der Waals surface area contributed by atoms with Gasteiger partial charge in [0.05, 0.1) is 0 Å². The monoisotopic (exact) mass is 458 g/mol. The van der Waals surface area contributed by atoms with Gasteiger partial charge < -0.3 is 19.3 Å². The van der Waals surface area contributed by atoms with Crippen molar-refractivity contribution in [1.82, 2.24) is 4.90 Å². The molecule has 178 valence electrons. The van der Waals surface area contributed by atoms with Crippen LogP contribution in [0, 0.1) is 6.92 Å². The van der Waals surface area contributed by atoms with E-state index in [2.05, 4.69) is 48.2 Å². The molecule has 1 aliphatic rings. The van der Waals surface area contributed by atoms with Gasteiger partial charge in [-0.1, -0.05) is 60.7 Å². The molecule has 1 heterocycles. The fourth-order valence-corrected chi connectivity index (χ4v) is 4.14. The molecule has 0 unspecified atom stereocenters. The van der Waals surface area contributed by atoms with E-state index >= 15 is 0 Å². The smallest absolute Gasteiger partial charge is 0.410 e. The molecule has 0 aliphatic carbocycles. The third-order valence-electron chi connectivity index (χ3n) is 5.92. The Balaban J connectivity index is 1.49. The third-order valence-corrected chi connectivity index (χ3v) is 5.92. The van der Waals surface area contributed by atoms with Gasteiger partial charge in [0.15, 0.2) is 0 Å². The minimum Gasteiger partial charge on any atom is -0.488 e. The number of anilines is 1. The summed E-state index contributed by atoms with van der Waals surface area (Å²) in [5.74, 6) is 0.871. The number of aryl methyl sites for hydroxylation is 1. The van der Waals surface area contributed by atoms with E-state index in [1.165, 1.54) is 11.3 Å². The summed E-state index contributed by atoms with van der Waals surface area (Å²) < 4.78 is 11.7. The predicted molar refractivity (Wildman–Crippen MR) is 137 cm³/mol. The van der Waals surface area contributed by atoms with Gasteiger partial charge in [0.25, 0.3) is 0 Å². The number of hydrogen-bond acceptors (Lipinski definition) is 4. The van der Waals surface area contributed by atoms with Crippen LogP contribution in [-0.2, 0) is 11.3 Å². The van der Waals surface area contributed by atoms with Crippen molar-refractivity contribution in [2.45, 2.75) is 39.9 Å². The predicted octanol–water partition coefficient (Wildman–Crippen LogP) is 6.30. The first-order valence-electron chi connectivity index (χ1n) is 11.9. The number of rotatable bonds is 5. The number of piperazine rings is 1. The number of hydrogen-bond donors (Lipinski definition) is 0. The first-order chi connectivity index (χ1) is 16.3. The largest absolute Gasteiger partial charge is 0.488 e. The Morgan fingerprint density at radius 2 is 1.56 bits per heavy atom. The van der Waals surface area contributed by atoms with Gasteiger partial charge >= 0.3 is 6.09 Å². The van der Waals surface area contributed by atoms with Gasteiger partial charge in [-0.25, -0.2) is 4.79 Å². The number of benzene rings is 3. The van der Waals surface area contributed by atoms with Crippen molar-refractivity contribution in [3.63, 3.8) is 0 Å². The van der Waals surface area contributed by atoms with E-state index in [1.807, 2.05) is 57.2 Å². The molecule has 34 heavy (non-hydrogen) atoms. The van der Waals surface area contributed by atoms with Crippen molar-refractivity contribution in [2.24, 2.45) is 0 Å². The highest BCUT2D eigenvalue weighted by Gasteiger charge is 2.26. The molecule has 1 amide bonds. The Morgan fingerprint density at radius 3 is 2.26 bits per heavy atom. The summed E-state index contributed by atoms with van der Waals surface area (Å²) in [6.07, 6.45) is -0.234. The molecule has 3 aromatic carbocycles. The lowest BCUT2D eigenvalue weighted by Gasteiger charge is -2.37. The molecule has 1 saturated heterocycles. The van der Waals surface area contributed by atoms with Crippen molar-refractivity contribution in [1.29, 1.82) is 0 Å². The van der Waals surface area contributed by atoms with E-state index in [1.54, 1.807) is 4.90 Å². The standard InChI is InChI=1S/C29H34N2O3/c1-22-14-15-24(25-12-8-9-13-27(25)33-21-23-10-6-5-7-11-23)20-26(22)30-16-18-31(19-17-30)28(32)34-29(2,3)4/h5-15,20H,16-19,21H2,1-4H3. The quantitative estimate of drug-likeness (QED) is 0.450. The number of ether oxygens (including phenoxy) is 2. The van der Waals surface area contributed by atoms with E-state index in [-0.39, 0.29) is 6.09 Å². The third kappa shape index (κ3) is 5.90. The summed E-state index contributed by atoms with van der Waals surface area (Å²) in [6.45, 7) is 11.2. The SMILES string of the molecule is Cc1ccc(-c2ccccc2OCc2ccccc2)cc1N1CCN(C(=O)OC(C)(C)C)CC1. The van der Waals surface area contributed by atoms with E-state index in [4.69, 9.17) is 9.47 Å². The molecule has 0 N–H and O–H groups in total. The zero-order chi connectivity index (χ0) is 24.1. The molecule has 3 aromatic rings. The average molecular weight is 459 g/mol. The zero-order valence-corrected chi connectivity index (χ0v) is 20.6. The number of carbonyl (C=O) groups is 1. The first-order valence-corrected chi connectivity index (χ1v) is 11.9. The Labute approximate surface area is 202 Å². The van der Waals surface area contributed by atoms with Crippen LogP contribution in [0.25, 0.3) is 11.1 Å². The summed E-state index contributed by atoms with van der Waals surface area (Å²) in [5, 5.41) is 0. The van der Waals surface area contributed by atoms with Gasteiger partial charge in [0, 0.05) is 37.4 Å². The Kier molecular flexibility index (Phi) is 7.11. The molecule has 1 aliphatic heterocycles. The lowest BCUT2D eigenvalue weighted by molar-refractivity contribution is 0.0240. The lowest BCUT2D eigenvalue weighted by Crippen LogP contribution is -2.50. The van der Waals surface area contributed by atoms with Crippen molar-refractivity contribution >= 4 is 11.8 Å². The van der Waals surface area contributed by atoms with Crippen LogP contribution in [0.3, 0.4) is 0 Å². The van der Waals surface area contributed by atoms with E-state index in [0.717, 1.165) is 35.5 Å². The van der Waals surface area contributed by atoms with Crippen molar-refractivity contribution < 1.29 is 14.3 Å². The number of amides is 1. The fourth-order valence-electron chi connectivity index (χ4n) is 4.14. The number of carbonyl (C=O) groups excluding carboxylic acids is 1. The van der Waals surface area contributed by atoms with Gasteiger partial charge in [-0.15, -0.1) is 0 Å². The van der Waals surface area contributed by atoms with Crippen molar-refractivity contribution in [3.05, 3.63) is 83.9 Å². The Morgan fingerprint density at radius 1 is 0.882 bits per heavy atom. The van der Waals surface area contributed by atoms with Crippen LogP contribution < -0.4 is 9.64 Å². The number of nitrogens with zero attached hydrogens (tertiary/aromatic N) is 2. The first kappa shape index (κ1) is 23.7. The van der Waals surface area contributed by atoms with Gasteiger partial charge in [-0.05, 0) is 56.5 Å². The van der Waals surface area contributed by atoms with Crippen LogP contribution in [0.2, 0.25) is 0 Å². The molecule has 0 bridgehead atoms. The van der Waals surface area contributed by atoms with Crippen molar-refractivity contribution in [3.8, 4) is 16.9 Å². The van der Waals surface area contributed by atoms with Gasteiger partial charge in [-0.3, -0.25) is 0 Å². The lowest BCUT2D eigenvalue weighted by atomic mass is 10.0. The maximum absolute atomic E-state index is 12.4. The highest BCUT2D eigenvalue weighted by atomic mass is 16.6. The maximum atomic E-state index is 12.4. The van der Waals surface area contributed by atoms with Crippen LogP contribution in [-0.4, -0.2) is 42.8 Å². The minimum absolute atomic E-state index is 0.234. The molecule has 0 atom stereocenters. The summed E-state index contributed by atoms with van der Waals surface area (Å²) >= 11 is 0. The fraction of sp³-hybridized carbons (Fsp3) is 0.345. The molecular weight excluding hydrogens is 424 g/mol. The van der Waals surface area contributed by atoms with E-state index in [9.17, 15) is 4.79 Å².